The lowest BCUT2D eigenvalue weighted by molar-refractivity contribution is 0.127. The van der Waals surface area contributed by atoms with Crippen molar-refractivity contribution in [3.05, 3.63) is 46.8 Å². The molecule has 0 bridgehead atoms. The zero-order chi connectivity index (χ0) is 17.1. The monoisotopic (exact) mass is 330 g/mol. The van der Waals surface area contributed by atoms with Crippen LogP contribution in [0.25, 0.3) is 0 Å². The molecule has 1 N–H and O–H groups in total. The van der Waals surface area contributed by atoms with Gasteiger partial charge in [-0.2, -0.15) is 0 Å². The second kappa shape index (κ2) is 7.36. The standard InChI is InChI=1S/C19H26N2O3/c1-13-19(15(3)24-20-13)12-23-18-6-4-16(5-7-18)10-21-9-8-17(11-21)14(2)22/h4-7,14,17,22H,8-12H2,1-3H3. The van der Waals surface area contributed by atoms with Gasteiger partial charge >= 0.3 is 0 Å². The summed E-state index contributed by atoms with van der Waals surface area (Å²) in [6.45, 7) is 9.14. The Morgan fingerprint density at radius 3 is 2.67 bits per heavy atom. The summed E-state index contributed by atoms with van der Waals surface area (Å²) in [4.78, 5) is 2.40. The SMILES string of the molecule is Cc1noc(C)c1COc1ccc(CN2CCC(C(C)O)C2)cc1. The Labute approximate surface area is 143 Å². The molecular weight excluding hydrogens is 304 g/mol. The Morgan fingerprint density at radius 2 is 2.08 bits per heavy atom. The highest BCUT2D eigenvalue weighted by molar-refractivity contribution is 5.28. The molecule has 5 heteroatoms. The Morgan fingerprint density at radius 1 is 1.33 bits per heavy atom. The first-order valence-corrected chi connectivity index (χ1v) is 8.57. The molecule has 2 aromatic rings. The molecule has 1 aliphatic rings. The minimum atomic E-state index is -0.213. The molecule has 0 spiro atoms. The molecule has 2 unspecified atom stereocenters. The van der Waals surface area contributed by atoms with Gasteiger partial charge in [0.25, 0.3) is 0 Å². The van der Waals surface area contributed by atoms with Crippen molar-refractivity contribution in [3.8, 4) is 5.75 Å². The van der Waals surface area contributed by atoms with E-state index < -0.39 is 0 Å². The van der Waals surface area contributed by atoms with E-state index in [0.717, 1.165) is 48.8 Å². The molecule has 5 nitrogen and oxygen atoms in total. The van der Waals surface area contributed by atoms with Crippen LogP contribution in [0.15, 0.2) is 28.8 Å². The summed E-state index contributed by atoms with van der Waals surface area (Å²) in [7, 11) is 0. The summed E-state index contributed by atoms with van der Waals surface area (Å²) >= 11 is 0. The van der Waals surface area contributed by atoms with Crippen molar-refractivity contribution in [2.75, 3.05) is 13.1 Å². The molecular formula is C19H26N2O3. The van der Waals surface area contributed by atoms with Crippen LogP contribution in [0.2, 0.25) is 0 Å². The molecule has 2 atom stereocenters. The number of aliphatic hydroxyl groups is 1. The van der Waals surface area contributed by atoms with Crippen molar-refractivity contribution >= 4 is 0 Å². The first-order chi connectivity index (χ1) is 11.5. The first-order valence-electron chi connectivity index (χ1n) is 8.57. The number of benzene rings is 1. The minimum Gasteiger partial charge on any atom is -0.489 e. The second-order valence-electron chi connectivity index (χ2n) is 6.76. The number of hydrogen-bond donors (Lipinski definition) is 1. The van der Waals surface area contributed by atoms with E-state index >= 15 is 0 Å². The fraction of sp³-hybridized carbons (Fsp3) is 0.526. The van der Waals surface area contributed by atoms with E-state index in [1.807, 2.05) is 32.9 Å². The van der Waals surface area contributed by atoms with Crippen LogP contribution in [0.5, 0.6) is 5.75 Å². The van der Waals surface area contributed by atoms with Gasteiger partial charge in [-0.25, -0.2) is 0 Å². The summed E-state index contributed by atoms with van der Waals surface area (Å²) in [5, 5.41) is 13.6. The third kappa shape index (κ3) is 3.97. The zero-order valence-electron chi connectivity index (χ0n) is 14.7. The first kappa shape index (κ1) is 17.0. The van der Waals surface area contributed by atoms with Gasteiger partial charge in [0.15, 0.2) is 0 Å². The van der Waals surface area contributed by atoms with E-state index in [4.69, 9.17) is 9.26 Å². The molecule has 0 amide bonds. The van der Waals surface area contributed by atoms with Crippen LogP contribution < -0.4 is 4.74 Å². The third-order valence-corrected chi connectivity index (χ3v) is 4.88. The van der Waals surface area contributed by atoms with Crippen LogP contribution in [0, 0.1) is 19.8 Å². The van der Waals surface area contributed by atoms with Gasteiger partial charge < -0.3 is 14.4 Å². The van der Waals surface area contributed by atoms with Crippen LogP contribution in [-0.4, -0.2) is 34.4 Å². The van der Waals surface area contributed by atoms with Gasteiger partial charge in [0, 0.05) is 13.1 Å². The van der Waals surface area contributed by atoms with Gasteiger partial charge in [0.1, 0.15) is 18.1 Å². The number of ether oxygens (including phenoxy) is 1. The van der Waals surface area contributed by atoms with E-state index in [2.05, 4.69) is 22.2 Å². The van der Waals surface area contributed by atoms with Crippen molar-refractivity contribution in [2.24, 2.45) is 5.92 Å². The van der Waals surface area contributed by atoms with Crippen LogP contribution in [0.4, 0.5) is 0 Å². The molecule has 1 aromatic heterocycles. The molecule has 130 valence electrons. The zero-order valence-corrected chi connectivity index (χ0v) is 14.7. The molecule has 0 aliphatic carbocycles. The van der Waals surface area contributed by atoms with Crippen molar-refractivity contribution in [2.45, 2.75) is 46.4 Å². The van der Waals surface area contributed by atoms with Crippen molar-refractivity contribution in [3.63, 3.8) is 0 Å². The Balaban J connectivity index is 1.52. The molecule has 24 heavy (non-hydrogen) atoms. The largest absolute Gasteiger partial charge is 0.489 e. The lowest BCUT2D eigenvalue weighted by Gasteiger charge is -2.17. The topological polar surface area (TPSA) is 58.7 Å². The molecule has 2 heterocycles. The van der Waals surface area contributed by atoms with Crippen molar-refractivity contribution < 1.29 is 14.4 Å². The number of likely N-dealkylation sites (tertiary alicyclic amines) is 1. The van der Waals surface area contributed by atoms with Crippen molar-refractivity contribution in [1.82, 2.24) is 10.1 Å². The van der Waals surface area contributed by atoms with Crippen LogP contribution in [0.3, 0.4) is 0 Å². The summed E-state index contributed by atoms with van der Waals surface area (Å²) in [6.07, 6.45) is 0.867. The quantitative estimate of drug-likeness (QED) is 0.882. The fourth-order valence-electron chi connectivity index (χ4n) is 3.21. The molecule has 1 aliphatic heterocycles. The highest BCUT2D eigenvalue weighted by Gasteiger charge is 2.25. The lowest BCUT2D eigenvalue weighted by atomic mass is 10.0. The van der Waals surface area contributed by atoms with Gasteiger partial charge in [-0.05, 0) is 57.4 Å². The number of aryl methyl sites for hydroxylation is 2. The van der Waals surface area contributed by atoms with Gasteiger partial charge in [-0.3, -0.25) is 4.90 Å². The fourth-order valence-corrected chi connectivity index (χ4v) is 3.21. The predicted octanol–water partition coefficient (Wildman–Crippen LogP) is 3.07. The Hall–Kier alpha value is -1.85. The maximum absolute atomic E-state index is 9.69. The number of nitrogens with zero attached hydrogens (tertiary/aromatic N) is 2. The molecule has 0 saturated carbocycles. The van der Waals surface area contributed by atoms with Gasteiger partial charge in [-0.1, -0.05) is 17.3 Å². The summed E-state index contributed by atoms with van der Waals surface area (Å²) in [5.74, 6) is 2.07. The van der Waals surface area contributed by atoms with Crippen LogP contribution in [0.1, 0.15) is 35.9 Å². The average Bonchev–Trinajstić information content (AvgIpc) is 3.15. The average molecular weight is 330 g/mol. The maximum Gasteiger partial charge on any atom is 0.140 e. The molecule has 1 fully saturated rings. The second-order valence-corrected chi connectivity index (χ2v) is 6.76. The summed E-state index contributed by atoms with van der Waals surface area (Å²) < 4.78 is 11.0. The molecule has 0 radical (unpaired) electrons. The lowest BCUT2D eigenvalue weighted by Crippen LogP contribution is -2.23. The van der Waals surface area contributed by atoms with E-state index in [9.17, 15) is 5.11 Å². The molecule has 3 rings (SSSR count). The number of hydrogen-bond acceptors (Lipinski definition) is 5. The van der Waals surface area contributed by atoms with E-state index in [1.165, 1.54) is 5.56 Å². The maximum atomic E-state index is 9.69. The minimum absolute atomic E-state index is 0.213. The van der Waals surface area contributed by atoms with Crippen molar-refractivity contribution in [1.29, 1.82) is 0 Å². The predicted molar refractivity (Wildman–Crippen MR) is 91.8 cm³/mol. The van der Waals surface area contributed by atoms with Gasteiger partial charge in [0.05, 0.1) is 17.4 Å². The van der Waals surface area contributed by atoms with Gasteiger partial charge in [0.2, 0.25) is 0 Å². The van der Waals surface area contributed by atoms with E-state index in [-0.39, 0.29) is 6.10 Å². The number of aromatic nitrogens is 1. The van der Waals surface area contributed by atoms with Crippen LogP contribution >= 0.6 is 0 Å². The van der Waals surface area contributed by atoms with Gasteiger partial charge in [-0.15, -0.1) is 0 Å². The third-order valence-electron chi connectivity index (χ3n) is 4.88. The van der Waals surface area contributed by atoms with E-state index in [0.29, 0.717) is 12.5 Å². The molecule has 1 saturated heterocycles. The Kier molecular flexibility index (Phi) is 5.21. The molecule has 1 aromatic carbocycles. The normalized spacial score (nSPS) is 19.6. The van der Waals surface area contributed by atoms with Crippen LogP contribution in [-0.2, 0) is 13.2 Å². The highest BCUT2D eigenvalue weighted by Crippen LogP contribution is 2.23. The number of rotatable bonds is 6. The highest BCUT2D eigenvalue weighted by atomic mass is 16.5. The summed E-state index contributed by atoms with van der Waals surface area (Å²) in [5.41, 5.74) is 3.16. The number of aliphatic hydroxyl groups excluding tert-OH is 1. The van der Waals surface area contributed by atoms with E-state index in [1.54, 1.807) is 0 Å². The smallest absolute Gasteiger partial charge is 0.140 e. The Bertz CT molecular complexity index is 644. The summed E-state index contributed by atoms with van der Waals surface area (Å²) in [6, 6.07) is 8.24.